The van der Waals surface area contributed by atoms with Crippen molar-refractivity contribution in [2.24, 2.45) is 0 Å². The molecule has 0 aliphatic carbocycles. The first-order valence-corrected chi connectivity index (χ1v) is 5.57. The summed E-state index contributed by atoms with van der Waals surface area (Å²) in [5, 5.41) is 11.8. The first-order chi connectivity index (χ1) is 9.04. The minimum atomic E-state index is -0.693. The molecule has 0 unspecified atom stereocenters. The molecule has 1 amide bonds. The summed E-state index contributed by atoms with van der Waals surface area (Å²) in [6.07, 6.45) is 0. The summed E-state index contributed by atoms with van der Waals surface area (Å²) in [5.41, 5.74) is 0.600. The second-order valence-electron chi connectivity index (χ2n) is 4.01. The number of rotatable bonds is 3. The van der Waals surface area contributed by atoms with E-state index < -0.39 is 17.5 Å². The lowest BCUT2D eigenvalue weighted by Gasteiger charge is -2.06. The molecule has 0 atom stereocenters. The fourth-order valence-corrected chi connectivity index (χ4v) is 1.64. The van der Waals surface area contributed by atoms with Gasteiger partial charge in [-0.25, -0.2) is 8.78 Å². The SMILES string of the molecule is O=C(NCc1cc(F)cc(F)c1)c1cccc(O)c1. The number of amides is 1. The summed E-state index contributed by atoms with van der Waals surface area (Å²) in [6, 6.07) is 8.87. The van der Waals surface area contributed by atoms with Crippen LogP contribution < -0.4 is 5.32 Å². The molecule has 5 heteroatoms. The number of halogens is 2. The van der Waals surface area contributed by atoms with Crippen LogP contribution in [0.5, 0.6) is 5.75 Å². The zero-order valence-electron chi connectivity index (χ0n) is 9.86. The van der Waals surface area contributed by atoms with Gasteiger partial charge >= 0.3 is 0 Å². The van der Waals surface area contributed by atoms with E-state index in [1.165, 1.54) is 24.3 Å². The molecule has 98 valence electrons. The molecule has 0 fully saturated rings. The molecular weight excluding hydrogens is 252 g/mol. The van der Waals surface area contributed by atoms with Crippen molar-refractivity contribution in [3.05, 3.63) is 65.2 Å². The molecule has 0 aliphatic rings. The van der Waals surface area contributed by atoms with E-state index in [1.54, 1.807) is 0 Å². The Balaban J connectivity index is 2.04. The third kappa shape index (κ3) is 3.51. The molecule has 0 bridgehead atoms. The molecule has 3 nitrogen and oxygen atoms in total. The molecule has 0 saturated carbocycles. The Morgan fingerprint density at radius 1 is 1.11 bits per heavy atom. The number of phenolic OH excluding ortho intramolecular Hbond substituents is 1. The standard InChI is InChI=1S/C14H11F2NO2/c15-11-4-9(5-12(16)7-11)8-17-14(19)10-2-1-3-13(18)6-10/h1-7,18H,8H2,(H,17,19). The average Bonchev–Trinajstić information content (AvgIpc) is 2.35. The van der Waals surface area contributed by atoms with Crippen molar-refractivity contribution in [1.29, 1.82) is 0 Å². The fourth-order valence-electron chi connectivity index (χ4n) is 1.64. The molecule has 19 heavy (non-hydrogen) atoms. The zero-order valence-corrected chi connectivity index (χ0v) is 9.86. The summed E-state index contributed by atoms with van der Waals surface area (Å²) in [7, 11) is 0. The second-order valence-corrected chi connectivity index (χ2v) is 4.01. The van der Waals surface area contributed by atoms with Crippen LogP contribution in [0.25, 0.3) is 0 Å². The van der Waals surface area contributed by atoms with Gasteiger partial charge in [0.2, 0.25) is 0 Å². The molecule has 0 spiro atoms. The molecule has 0 radical (unpaired) electrons. The number of hydrogen-bond acceptors (Lipinski definition) is 2. The Morgan fingerprint density at radius 3 is 2.42 bits per heavy atom. The van der Waals surface area contributed by atoms with Gasteiger partial charge in [0.05, 0.1) is 0 Å². The topological polar surface area (TPSA) is 49.3 Å². The summed E-state index contributed by atoms with van der Waals surface area (Å²) >= 11 is 0. The average molecular weight is 263 g/mol. The van der Waals surface area contributed by atoms with Gasteiger partial charge in [0, 0.05) is 18.2 Å². The maximum Gasteiger partial charge on any atom is 0.251 e. The van der Waals surface area contributed by atoms with Gasteiger partial charge in [-0.2, -0.15) is 0 Å². The minimum Gasteiger partial charge on any atom is -0.508 e. The van der Waals surface area contributed by atoms with Crippen molar-refractivity contribution in [2.75, 3.05) is 0 Å². The summed E-state index contributed by atoms with van der Waals surface area (Å²) in [6.45, 7) is 0.00314. The predicted octanol–water partition coefficient (Wildman–Crippen LogP) is 2.60. The van der Waals surface area contributed by atoms with Crippen LogP contribution in [0.2, 0.25) is 0 Å². The van der Waals surface area contributed by atoms with Crippen molar-refractivity contribution in [3.63, 3.8) is 0 Å². The van der Waals surface area contributed by atoms with Crippen molar-refractivity contribution in [2.45, 2.75) is 6.54 Å². The fraction of sp³-hybridized carbons (Fsp3) is 0.0714. The van der Waals surface area contributed by atoms with Gasteiger partial charge < -0.3 is 10.4 Å². The maximum absolute atomic E-state index is 12.9. The number of aromatic hydroxyl groups is 1. The molecule has 2 N–H and O–H groups in total. The third-order valence-corrected chi connectivity index (χ3v) is 2.48. The van der Waals surface area contributed by atoms with Crippen LogP contribution in [0.1, 0.15) is 15.9 Å². The molecule has 0 heterocycles. The van der Waals surface area contributed by atoms with E-state index in [1.807, 2.05) is 0 Å². The van der Waals surface area contributed by atoms with Crippen LogP contribution in [0, 0.1) is 11.6 Å². The normalized spacial score (nSPS) is 10.2. The van der Waals surface area contributed by atoms with Crippen molar-refractivity contribution in [1.82, 2.24) is 5.32 Å². The van der Waals surface area contributed by atoms with E-state index in [-0.39, 0.29) is 17.9 Å². The maximum atomic E-state index is 12.9. The highest BCUT2D eigenvalue weighted by atomic mass is 19.1. The Kier molecular flexibility index (Phi) is 3.75. The van der Waals surface area contributed by atoms with Gasteiger partial charge in [0.15, 0.2) is 0 Å². The summed E-state index contributed by atoms with van der Waals surface area (Å²) in [5.74, 6) is -1.84. The minimum absolute atomic E-state index is 0.00314. The lowest BCUT2D eigenvalue weighted by Crippen LogP contribution is -2.22. The van der Waals surface area contributed by atoms with Crippen LogP contribution in [-0.4, -0.2) is 11.0 Å². The van der Waals surface area contributed by atoms with Crippen LogP contribution in [0.4, 0.5) is 8.78 Å². The third-order valence-electron chi connectivity index (χ3n) is 2.48. The Morgan fingerprint density at radius 2 is 1.79 bits per heavy atom. The Labute approximate surface area is 108 Å². The predicted molar refractivity (Wildman–Crippen MR) is 65.6 cm³/mol. The van der Waals surface area contributed by atoms with E-state index in [4.69, 9.17) is 0 Å². The number of carbonyl (C=O) groups is 1. The molecule has 2 aromatic carbocycles. The number of carbonyl (C=O) groups excluding carboxylic acids is 1. The van der Waals surface area contributed by atoms with Crippen LogP contribution in [0.15, 0.2) is 42.5 Å². The largest absolute Gasteiger partial charge is 0.508 e. The molecule has 2 aromatic rings. The van der Waals surface area contributed by atoms with E-state index in [2.05, 4.69) is 5.32 Å². The second kappa shape index (κ2) is 5.48. The monoisotopic (exact) mass is 263 g/mol. The van der Waals surface area contributed by atoms with E-state index in [0.717, 1.165) is 18.2 Å². The first kappa shape index (κ1) is 13.0. The lowest BCUT2D eigenvalue weighted by molar-refractivity contribution is 0.0950. The molecule has 0 saturated heterocycles. The summed E-state index contributed by atoms with van der Waals surface area (Å²) in [4.78, 5) is 11.7. The molecular formula is C14H11F2NO2. The number of benzene rings is 2. The Bertz CT molecular complexity index is 594. The van der Waals surface area contributed by atoms with E-state index >= 15 is 0 Å². The van der Waals surface area contributed by atoms with Crippen molar-refractivity contribution >= 4 is 5.91 Å². The Hall–Kier alpha value is -2.43. The van der Waals surface area contributed by atoms with Crippen LogP contribution in [0.3, 0.4) is 0 Å². The van der Waals surface area contributed by atoms with Crippen LogP contribution >= 0.6 is 0 Å². The smallest absolute Gasteiger partial charge is 0.251 e. The zero-order chi connectivity index (χ0) is 13.8. The van der Waals surface area contributed by atoms with Gasteiger partial charge in [0.1, 0.15) is 17.4 Å². The van der Waals surface area contributed by atoms with E-state index in [9.17, 15) is 18.7 Å². The van der Waals surface area contributed by atoms with Gasteiger partial charge in [-0.05, 0) is 35.9 Å². The van der Waals surface area contributed by atoms with Crippen LogP contribution in [-0.2, 0) is 6.54 Å². The highest BCUT2D eigenvalue weighted by Gasteiger charge is 2.07. The number of nitrogens with one attached hydrogen (secondary N) is 1. The number of phenols is 1. The van der Waals surface area contributed by atoms with Gasteiger partial charge in [-0.1, -0.05) is 6.07 Å². The van der Waals surface area contributed by atoms with Gasteiger partial charge in [-0.15, -0.1) is 0 Å². The number of hydrogen-bond donors (Lipinski definition) is 2. The van der Waals surface area contributed by atoms with Crippen molar-refractivity contribution < 1.29 is 18.7 Å². The molecule has 0 aliphatic heterocycles. The van der Waals surface area contributed by atoms with E-state index in [0.29, 0.717) is 5.56 Å². The first-order valence-electron chi connectivity index (χ1n) is 5.57. The van der Waals surface area contributed by atoms with Gasteiger partial charge in [0.25, 0.3) is 5.91 Å². The van der Waals surface area contributed by atoms with Crippen molar-refractivity contribution in [3.8, 4) is 5.75 Å². The highest BCUT2D eigenvalue weighted by Crippen LogP contribution is 2.11. The molecule has 2 rings (SSSR count). The summed E-state index contributed by atoms with van der Waals surface area (Å²) < 4.78 is 25.9. The van der Waals surface area contributed by atoms with Gasteiger partial charge in [-0.3, -0.25) is 4.79 Å². The molecule has 0 aromatic heterocycles. The quantitative estimate of drug-likeness (QED) is 0.894. The highest BCUT2D eigenvalue weighted by molar-refractivity contribution is 5.94. The lowest BCUT2D eigenvalue weighted by atomic mass is 10.2.